The molecule has 1 aliphatic carbocycles. The van der Waals surface area contributed by atoms with Crippen molar-refractivity contribution >= 4 is 9.84 Å². The standard InChI is InChI=1S/C13H23NO2S/c1-3-11(2)10-17(15,16)13-8-6-4-5-7-12(13)9-14/h11-13H,3-8,10H2,1-2H3. The monoisotopic (exact) mass is 257 g/mol. The molecule has 0 spiro atoms. The van der Waals surface area contributed by atoms with Gasteiger partial charge < -0.3 is 0 Å². The molecular weight excluding hydrogens is 234 g/mol. The van der Waals surface area contributed by atoms with E-state index < -0.39 is 15.1 Å². The zero-order chi connectivity index (χ0) is 12.9. The van der Waals surface area contributed by atoms with Crippen LogP contribution in [0.4, 0.5) is 0 Å². The number of rotatable bonds is 4. The van der Waals surface area contributed by atoms with E-state index in [1.54, 1.807) is 0 Å². The SMILES string of the molecule is CCC(C)CS(=O)(=O)C1CCCCCC1C#N. The minimum atomic E-state index is -3.10. The van der Waals surface area contributed by atoms with Crippen molar-refractivity contribution in [2.45, 2.75) is 57.6 Å². The van der Waals surface area contributed by atoms with Gasteiger partial charge in [0.05, 0.1) is 23.0 Å². The van der Waals surface area contributed by atoms with Crippen molar-refractivity contribution in [3.05, 3.63) is 0 Å². The van der Waals surface area contributed by atoms with E-state index in [0.717, 1.165) is 32.1 Å². The first kappa shape index (κ1) is 14.5. The van der Waals surface area contributed by atoms with Crippen molar-refractivity contribution < 1.29 is 8.42 Å². The summed E-state index contributed by atoms with van der Waals surface area (Å²) in [6.07, 6.45) is 5.31. The van der Waals surface area contributed by atoms with E-state index in [9.17, 15) is 8.42 Å². The maximum atomic E-state index is 12.3. The van der Waals surface area contributed by atoms with Gasteiger partial charge in [-0.2, -0.15) is 5.26 Å². The van der Waals surface area contributed by atoms with Crippen LogP contribution in [0.2, 0.25) is 0 Å². The first-order chi connectivity index (χ1) is 8.01. The van der Waals surface area contributed by atoms with Crippen LogP contribution in [0.15, 0.2) is 0 Å². The second-order valence-corrected chi connectivity index (χ2v) is 7.52. The molecule has 0 amide bonds. The molecule has 1 aliphatic rings. The Kier molecular flexibility index (Phi) is 5.45. The predicted molar refractivity (Wildman–Crippen MR) is 69.2 cm³/mol. The Hall–Kier alpha value is -0.560. The molecule has 0 aromatic heterocycles. The summed E-state index contributed by atoms with van der Waals surface area (Å²) < 4.78 is 24.7. The van der Waals surface area contributed by atoms with Crippen molar-refractivity contribution in [1.82, 2.24) is 0 Å². The lowest BCUT2D eigenvalue weighted by Crippen LogP contribution is -2.32. The third kappa shape index (κ3) is 3.99. The van der Waals surface area contributed by atoms with Gasteiger partial charge in [0.2, 0.25) is 0 Å². The van der Waals surface area contributed by atoms with E-state index in [4.69, 9.17) is 5.26 Å². The summed E-state index contributed by atoms with van der Waals surface area (Å²) in [5, 5.41) is 8.71. The molecule has 3 atom stereocenters. The van der Waals surface area contributed by atoms with Gasteiger partial charge in [0.25, 0.3) is 0 Å². The highest BCUT2D eigenvalue weighted by Crippen LogP contribution is 2.29. The van der Waals surface area contributed by atoms with Gasteiger partial charge in [-0.25, -0.2) is 8.42 Å². The van der Waals surface area contributed by atoms with Gasteiger partial charge in [-0.15, -0.1) is 0 Å². The lowest BCUT2D eigenvalue weighted by atomic mass is 10.0. The Morgan fingerprint density at radius 1 is 1.29 bits per heavy atom. The average Bonchev–Trinajstić information content (AvgIpc) is 2.53. The van der Waals surface area contributed by atoms with Gasteiger partial charge in [0.15, 0.2) is 9.84 Å². The van der Waals surface area contributed by atoms with Crippen molar-refractivity contribution in [1.29, 1.82) is 5.26 Å². The molecule has 1 saturated carbocycles. The van der Waals surface area contributed by atoms with Crippen LogP contribution < -0.4 is 0 Å². The largest absolute Gasteiger partial charge is 0.228 e. The van der Waals surface area contributed by atoms with Crippen LogP contribution in [-0.4, -0.2) is 19.4 Å². The molecule has 0 aromatic rings. The summed E-state index contributed by atoms with van der Waals surface area (Å²) >= 11 is 0. The molecule has 1 fully saturated rings. The fourth-order valence-electron chi connectivity index (χ4n) is 2.49. The van der Waals surface area contributed by atoms with Crippen molar-refractivity contribution in [3.63, 3.8) is 0 Å². The third-order valence-corrected chi connectivity index (χ3v) is 6.31. The topological polar surface area (TPSA) is 57.9 Å². The van der Waals surface area contributed by atoms with E-state index in [1.807, 2.05) is 13.8 Å². The molecule has 0 N–H and O–H groups in total. The van der Waals surface area contributed by atoms with Crippen LogP contribution in [0.1, 0.15) is 52.4 Å². The molecule has 1 rings (SSSR count). The minimum Gasteiger partial charge on any atom is -0.228 e. The second-order valence-electron chi connectivity index (χ2n) is 5.26. The Bertz CT molecular complexity index is 369. The molecule has 3 unspecified atom stereocenters. The van der Waals surface area contributed by atoms with Gasteiger partial charge in [-0.3, -0.25) is 0 Å². The van der Waals surface area contributed by atoms with Crippen molar-refractivity contribution in [3.8, 4) is 6.07 Å². The van der Waals surface area contributed by atoms with Gasteiger partial charge in [-0.1, -0.05) is 39.5 Å². The van der Waals surface area contributed by atoms with Crippen LogP contribution in [0.25, 0.3) is 0 Å². The van der Waals surface area contributed by atoms with Crippen LogP contribution in [0, 0.1) is 23.2 Å². The van der Waals surface area contributed by atoms with E-state index >= 15 is 0 Å². The molecule has 0 saturated heterocycles. The molecular formula is C13H23NO2S. The highest BCUT2D eigenvalue weighted by molar-refractivity contribution is 7.92. The zero-order valence-electron chi connectivity index (χ0n) is 10.9. The number of sulfone groups is 1. The normalized spacial score (nSPS) is 28.1. The summed E-state index contributed by atoms with van der Waals surface area (Å²) in [5.41, 5.74) is 0. The van der Waals surface area contributed by atoms with E-state index in [2.05, 4.69) is 6.07 Å². The number of hydrogen-bond donors (Lipinski definition) is 0. The summed E-state index contributed by atoms with van der Waals surface area (Å²) in [5.74, 6) is 0.154. The second kappa shape index (κ2) is 6.39. The predicted octanol–water partition coefficient (Wildman–Crippen LogP) is 2.92. The fraction of sp³-hybridized carbons (Fsp3) is 0.923. The molecule has 3 nitrogen and oxygen atoms in total. The van der Waals surface area contributed by atoms with Crippen molar-refractivity contribution in [2.75, 3.05) is 5.75 Å². The average molecular weight is 257 g/mol. The number of nitriles is 1. The van der Waals surface area contributed by atoms with Crippen LogP contribution >= 0.6 is 0 Å². The van der Waals surface area contributed by atoms with E-state index in [1.165, 1.54) is 0 Å². The Morgan fingerprint density at radius 3 is 2.53 bits per heavy atom. The number of nitrogens with zero attached hydrogens (tertiary/aromatic N) is 1. The van der Waals surface area contributed by atoms with E-state index in [0.29, 0.717) is 6.42 Å². The fourth-order valence-corrected chi connectivity index (χ4v) is 4.99. The highest BCUT2D eigenvalue weighted by Gasteiger charge is 2.34. The van der Waals surface area contributed by atoms with Gasteiger partial charge in [0.1, 0.15) is 0 Å². The first-order valence-electron chi connectivity index (χ1n) is 6.62. The lowest BCUT2D eigenvalue weighted by Gasteiger charge is -2.21. The number of hydrogen-bond acceptors (Lipinski definition) is 3. The smallest absolute Gasteiger partial charge is 0.154 e. The summed E-state index contributed by atoms with van der Waals surface area (Å²) in [7, 11) is -3.10. The van der Waals surface area contributed by atoms with E-state index in [-0.39, 0.29) is 17.6 Å². The first-order valence-corrected chi connectivity index (χ1v) is 8.34. The molecule has 4 heteroatoms. The van der Waals surface area contributed by atoms with Crippen LogP contribution in [0.3, 0.4) is 0 Å². The molecule has 0 heterocycles. The van der Waals surface area contributed by atoms with Gasteiger partial charge in [-0.05, 0) is 18.8 Å². The van der Waals surface area contributed by atoms with Crippen LogP contribution in [0.5, 0.6) is 0 Å². The Labute approximate surface area is 105 Å². The molecule has 0 aromatic carbocycles. The maximum absolute atomic E-state index is 12.3. The summed E-state index contributed by atoms with van der Waals surface area (Å²) in [6, 6.07) is 2.21. The zero-order valence-corrected chi connectivity index (χ0v) is 11.7. The van der Waals surface area contributed by atoms with Gasteiger partial charge >= 0.3 is 0 Å². The summed E-state index contributed by atoms with van der Waals surface area (Å²) in [6.45, 7) is 3.98. The maximum Gasteiger partial charge on any atom is 0.154 e. The quantitative estimate of drug-likeness (QED) is 0.728. The van der Waals surface area contributed by atoms with Gasteiger partial charge in [0, 0.05) is 0 Å². The highest BCUT2D eigenvalue weighted by atomic mass is 32.2. The molecule has 0 aliphatic heterocycles. The lowest BCUT2D eigenvalue weighted by molar-refractivity contribution is 0.509. The Morgan fingerprint density at radius 2 is 1.94 bits per heavy atom. The van der Waals surface area contributed by atoms with Crippen LogP contribution in [-0.2, 0) is 9.84 Å². The third-order valence-electron chi connectivity index (χ3n) is 3.79. The summed E-state index contributed by atoms with van der Waals surface area (Å²) in [4.78, 5) is 0. The minimum absolute atomic E-state index is 0.197. The molecule has 0 bridgehead atoms. The molecule has 98 valence electrons. The Balaban J connectivity index is 2.83. The molecule has 17 heavy (non-hydrogen) atoms. The molecule has 0 radical (unpaired) electrons. The van der Waals surface area contributed by atoms with Crippen molar-refractivity contribution in [2.24, 2.45) is 11.8 Å².